The van der Waals surface area contributed by atoms with Crippen molar-refractivity contribution in [2.75, 3.05) is 6.54 Å². The Labute approximate surface area is 72.0 Å². The van der Waals surface area contributed by atoms with Gasteiger partial charge in [-0.1, -0.05) is 13.8 Å². The Bertz CT molecular complexity index is 168. The van der Waals surface area contributed by atoms with Crippen molar-refractivity contribution >= 4 is 11.9 Å². The molecule has 0 aromatic rings. The van der Waals surface area contributed by atoms with Crippen molar-refractivity contribution in [1.29, 1.82) is 0 Å². The number of hydrogen-bond acceptors (Lipinski definition) is 2. The molecule has 12 heavy (non-hydrogen) atoms. The Morgan fingerprint density at radius 1 is 1.42 bits per heavy atom. The number of nitrogens with one attached hydrogen (secondary N) is 1. The molecule has 2 N–H and O–H groups in total. The molecule has 0 aromatic carbocycles. The second-order valence-electron chi connectivity index (χ2n) is 2.60. The van der Waals surface area contributed by atoms with E-state index in [9.17, 15) is 9.59 Å². The van der Waals surface area contributed by atoms with Gasteiger partial charge in [0.2, 0.25) is 5.91 Å². The molecule has 0 aliphatic heterocycles. The van der Waals surface area contributed by atoms with Crippen molar-refractivity contribution in [3.05, 3.63) is 0 Å². The molecule has 0 heterocycles. The van der Waals surface area contributed by atoms with Crippen LogP contribution in [0, 0.1) is 5.92 Å². The molecule has 0 saturated heterocycles. The number of carbonyl (C=O) groups excluding carboxylic acids is 1. The summed E-state index contributed by atoms with van der Waals surface area (Å²) in [6.45, 7) is 3.76. The fraction of sp³-hybridized carbons (Fsp3) is 0.750. The first-order chi connectivity index (χ1) is 5.61. The number of carboxylic acid groups (broad SMARTS) is 1. The van der Waals surface area contributed by atoms with E-state index in [0.717, 1.165) is 0 Å². The topological polar surface area (TPSA) is 66.4 Å². The van der Waals surface area contributed by atoms with Gasteiger partial charge in [0.25, 0.3) is 0 Å². The number of amides is 1. The molecular weight excluding hydrogens is 158 g/mol. The third kappa shape index (κ3) is 3.95. The van der Waals surface area contributed by atoms with E-state index in [4.69, 9.17) is 5.11 Å². The lowest BCUT2D eigenvalue weighted by Gasteiger charge is -2.09. The SMILES string of the molecule is CCC(=O)NCC(CC)C(=O)O. The maximum Gasteiger partial charge on any atom is 0.308 e. The highest BCUT2D eigenvalue weighted by atomic mass is 16.4. The fourth-order valence-electron chi connectivity index (χ4n) is 0.768. The smallest absolute Gasteiger partial charge is 0.308 e. The first-order valence-electron chi connectivity index (χ1n) is 4.11. The Hall–Kier alpha value is -1.06. The van der Waals surface area contributed by atoms with Crippen LogP contribution in [0.5, 0.6) is 0 Å². The Balaban J connectivity index is 3.73. The van der Waals surface area contributed by atoms with Gasteiger partial charge in [0.1, 0.15) is 0 Å². The van der Waals surface area contributed by atoms with Gasteiger partial charge in [-0.05, 0) is 6.42 Å². The van der Waals surface area contributed by atoms with Gasteiger partial charge in [0.05, 0.1) is 5.92 Å². The third-order valence-electron chi connectivity index (χ3n) is 1.71. The van der Waals surface area contributed by atoms with Crippen LogP contribution in [0.2, 0.25) is 0 Å². The summed E-state index contributed by atoms with van der Waals surface area (Å²) < 4.78 is 0. The standard InChI is InChI=1S/C8H15NO3/c1-3-6(8(11)12)5-9-7(10)4-2/h6H,3-5H2,1-2H3,(H,9,10)(H,11,12). The monoisotopic (exact) mass is 173 g/mol. The van der Waals surface area contributed by atoms with Gasteiger partial charge in [-0.3, -0.25) is 9.59 Å². The zero-order chi connectivity index (χ0) is 9.56. The number of carboxylic acids is 1. The van der Waals surface area contributed by atoms with E-state index in [0.29, 0.717) is 12.8 Å². The van der Waals surface area contributed by atoms with Crippen LogP contribution in [0.4, 0.5) is 0 Å². The second kappa shape index (κ2) is 5.57. The second-order valence-corrected chi connectivity index (χ2v) is 2.60. The van der Waals surface area contributed by atoms with Crippen LogP contribution < -0.4 is 5.32 Å². The quantitative estimate of drug-likeness (QED) is 0.640. The molecule has 0 fully saturated rings. The number of hydrogen-bond donors (Lipinski definition) is 2. The summed E-state index contributed by atoms with van der Waals surface area (Å²) in [6, 6.07) is 0. The lowest BCUT2D eigenvalue weighted by molar-refractivity contribution is -0.141. The average molecular weight is 173 g/mol. The highest BCUT2D eigenvalue weighted by Gasteiger charge is 2.14. The minimum Gasteiger partial charge on any atom is -0.481 e. The molecule has 0 bridgehead atoms. The van der Waals surface area contributed by atoms with Crippen LogP contribution in [0.15, 0.2) is 0 Å². The molecule has 0 aliphatic rings. The van der Waals surface area contributed by atoms with Gasteiger partial charge in [-0.25, -0.2) is 0 Å². The number of aliphatic carboxylic acids is 1. The van der Waals surface area contributed by atoms with Crippen molar-refractivity contribution in [2.45, 2.75) is 26.7 Å². The van der Waals surface area contributed by atoms with Crippen molar-refractivity contribution in [3.63, 3.8) is 0 Å². The molecule has 4 nitrogen and oxygen atoms in total. The van der Waals surface area contributed by atoms with Gasteiger partial charge in [0.15, 0.2) is 0 Å². The molecule has 1 unspecified atom stereocenters. The van der Waals surface area contributed by atoms with Crippen LogP contribution >= 0.6 is 0 Å². The van der Waals surface area contributed by atoms with Crippen LogP contribution in [0.25, 0.3) is 0 Å². The van der Waals surface area contributed by atoms with E-state index >= 15 is 0 Å². The fourth-order valence-corrected chi connectivity index (χ4v) is 0.768. The largest absolute Gasteiger partial charge is 0.481 e. The van der Waals surface area contributed by atoms with Gasteiger partial charge in [-0.15, -0.1) is 0 Å². The summed E-state index contributed by atoms with van der Waals surface area (Å²) in [5, 5.41) is 11.2. The minimum absolute atomic E-state index is 0.102. The minimum atomic E-state index is -0.853. The van der Waals surface area contributed by atoms with Crippen molar-refractivity contribution in [2.24, 2.45) is 5.92 Å². The lowest BCUT2D eigenvalue weighted by atomic mass is 10.1. The first-order valence-corrected chi connectivity index (χ1v) is 4.11. The maximum absolute atomic E-state index is 10.8. The van der Waals surface area contributed by atoms with E-state index in [2.05, 4.69) is 5.32 Å². The molecule has 0 saturated carbocycles. The molecule has 1 atom stereocenters. The molecule has 70 valence electrons. The highest BCUT2D eigenvalue weighted by Crippen LogP contribution is 2.00. The Kier molecular flexibility index (Phi) is 5.08. The summed E-state index contributed by atoms with van der Waals surface area (Å²) >= 11 is 0. The molecule has 0 radical (unpaired) electrons. The highest BCUT2D eigenvalue weighted by molar-refractivity contribution is 5.77. The van der Waals surface area contributed by atoms with E-state index in [1.807, 2.05) is 0 Å². The van der Waals surface area contributed by atoms with Crippen molar-refractivity contribution in [3.8, 4) is 0 Å². The normalized spacial score (nSPS) is 12.2. The molecule has 0 aromatic heterocycles. The summed E-state index contributed by atoms with van der Waals surface area (Å²) in [7, 11) is 0. The zero-order valence-corrected chi connectivity index (χ0v) is 7.46. The summed E-state index contributed by atoms with van der Waals surface area (Å²) in [6.07, 6.45) is 0.940. The molecule has 4 heteroatoms. The van der Waals surface area contributed by atoms with Crippen LogP contribution in [0.3, 0.4) is 0 Å². The van der Waals surface area contributed by atoms with Crippen molar-refractivity contribution < 1.29 is 14.7 Å². The predicted octanol–water partition coefficient (Wildman–Crippen LogP) is 0.623. The first kappa shape index (κ1) is 10.9. The molecule has 0 aliphatic carbocycles. The summed E-state index contributed by atoms with van der Waals surface area (Å²) in [5.74, 6) is -1.41. The van der Waals surface area contributed by atoms with Crippen LogP contribution in [-0.4, -0.2) is 23.5 Å². The van der Waals surface area contributed by atoms with Gasteiger partial charge in [-0.2, -0.15) is 0 Å². The van der Waals surface area contributed by atoms with Gasteiger partial charge < -0.3 is 10.4 Å². The van der Waals surface area contributed by atoms with E-state index in [1.165, 1.54) is 0 Å². The number of carbonyl (C=O) groups is 2. The third-order valence-corrected chi connectivity index (χ3v) is 1.71. The molecule has 0 rings (SSSR count). The number of rotatable bonds is 5. The summed E-state index contributed by atoms with van der Waals surface area (Å²) in [5.41, 5.74) is 0. The molecule has 0 spiro atoms. The van der Waals surface area contributed by atoms with Gasteiger partial charge >= 0.3 is 5.97 Å². The summed E-state index contributed by atoms with van der Waals surface area (Å²) in [4.78, 5) is 21.2. The lowest BCUT2D eigenvalue weighted by Crippen LogP contribution is -2.32. The Morgan fingerprint density at radius 3 is 2.33 bits per heavy atom. The zero-order valence-electron chi connectivity index (χ0n) is 7.46. The predicted molar refractivity (Wildman–Crippen MR) is 44.7 cm³/mol. The van der Waals surface area contributed by atoms with Crippen LogP contribution in [0.1, 0.15) is 26.7 Å². The maximum atomic E-state index is 10.8. The van der Waals surface area contributed by atoms with E-state index in [-0.39, 0.29) is 12.5 Å². The van der Waals surface area contributed by atoms with E-state index in [1.54, 1.807) is 13.8 Å². The van der Waals surface area contributed by atoms with Crippen LogP contribution in [-0.2, 0) is 9.59 Å². The molecule has 1 amide bonds. The van der Waals surface area contributed by atoms with Crippen molar-refractivity contribution in [1.82, 2.24) is 5.32 Å². The Morgan fingerprint density at radius 2 is 2.00 bits per heavy atom. The van der Waals surface area contributed by atoms with Gasteiger partial charge in [0, 0.05) is 13.0 Å². The van der Waals surface area contributed by atoms with E-state index < -0.39 is 11.9 Å². The molecular formula is C8H15NO3. The average Bonchev–Trinajstić information content (AvgIpc) is 2.04.